The fourth-order valence-corrected chi connectivity index (χ4v) is 1.23. The van der Waals surface area contributed by atoms with E-state index in [0.29, 0.717) is 0 Å². The molecule has 0 aliphatic heterocycles. The number of carbonyl (C=O) groups excluding carboxylic acids is 1. The van der Waals surface area contributed by atoms with Gasteiger partial charge in [-0.1, -0.05) is 0 Å². The molecule has 1 unspecified atom stereocenters. The van der Waals surface area contributed by atoms with Crippen molar-refractivity contribution in [1.29, 1.82) is 0 Å². The molecular weight excluding hydrogens is 273 g/mol. The highest BCUT2D eigenvalue weighted by Gasteiger charge is 2.35. The van der Waals surface area contributed by atoms with Gasteiger partial charge in [-0.25, -0.2) is 0 Å². The van der Waals surface area contributed by atoms with E-state index in [4.69, 9.17) is 15.9 Å². The first kappa shape index (κ1) is 17.2. The van der Waals surface area contributed by atoms with Gasteiger partial charge in [-0.05, 0) is 6.42 Å². The molecule has 0 aromatic carbocycles. The van der Waals surface area contributed by atoms with Gasteiger partial charge in [-0.3, -0.25) is 14.4 Å². The third kappa shape index (κ3) is 7.97. The van der Waals surface area contributed by atoms with E-state index in [0.717, 1.165) is 0 Å². The lowest BCUT2D eigenvalue weighted by Crippen LogP contribution is -2.49. The van der Waals surface area contributed by atoms with Crippen LogP contribution in [0.15, 0.2) is 0 Å². The average molecular weight is 286 g/mol. The van der Waals surface area contributed by atoms with E-state index < -0.39 is 49.6 Å². The molecule has 0 radical (unpaired) electrons. The topological polar surface area (TPSA) is 121 Å². The van der Waals surface area contributed by atoms with Crippen LogP contribution < -0.4 is 5.73 Å². The lowest BCUT2D eigenvalue weighted by Gasteiger charge is -2.24. The van der Waals surface area contributed by atoms with Gasteiger partial charge in [0.2, 0.25) is 5.91 Å². The summed E-state index contributed by atoms with van der Waals surface area (Å²) >= 11 is 0. The van der Waals surface area contributed by atoms with Crippen molar-refractivity contribution in [2.24, 2.45) is 5.73 Å². The molecule has 110 valence electrons. The van der Waals surface area contributed by atoms with E-state index in [1.807, 2.05) is 0 Å². The molecule has 0 bridgehead atoms. The maximum Gasteiger partial charge on any atom is 0.406 e. The summed E-state index contributed by atoms with van der Waals surface area (Å²) in [7, 11) is 0. The molecule has 7 nitrogen and oxygen atoms in total. The van der Waals surface area contributed by atoms with Crippen molar-refractivity contribution < 1.29 is 37.8 Å². The Balaban J connectivity index is 4.69. The zero-order valence-corrected chi connectivity index (χ0v) is 9.68. The number of hydrogen-bond donors (Lipinski definition) is 3. The fourth-order valence-electron chi connectivity index (χ4n) is 1.23. The number of halogens is 3. The second kappa shape index (κ2) is 6.92. The van der Waals surface area contributed by atoms with E-state index in [1.165, 1.54) is 0 Å². The van der Waals surface area contributed by atoms with E-state index in [-0.39, 0.29) is 11.3 Å². The Labute approximate surface area is 105 Å². The number of carboxylic acids is 2. The molecule has 4 N–H and O–H groups in total. The standard InChI is InChI=1S/C9H13F3N2O5/c10-9(11,12)4-14(3-7(17)18)8(19)5(13)1-2-6(15)16/h5H,1-4,13H2,(H,15,16)(H,17,18). The molecule has 0 heterocycles. The molecule has 0 fully saturated rings. The van der Waals surface area contributed by atoms with Gasteiger partial charge in [0.25, 0.3) is 0 Å². The Hall–Kier alpha value is -1.84. The summed E-state index contributed by atoms with van der Waals surface area (Å²) in [6, 6.07) is -1.49. The molecule has 0 aromatic rings. The Kier molecular flexibility index (Phi) is 6.25. The van der Waals surface area contributed by atoms with Gasteiger partial charge in [0.1, 0.15) is 13.1 Å². The van der Waals surface area contributed by atoms with Crippen LogP contribution >= 0.6 is 0 Å². The minimum atomic E-state index is -4.77. The number of hydrogen-bond acceptors (Lipinski definition) is 4. The first-order valence-corrected chi connectivity index (χ1v) is 5.07. The van der Waals surface area contributed by atoms with Crippen molar-refractivity contribution >= 4 is 17.8 Å². The third-order valence-corrected chi connectivity index (χ3v) is 1.99. The monoisotopic (exact) mass is 286 g/mol. The van der Waals surface area contributed by atoms with Crippen LogP contribution in [0, 0.1) is 0 Å². The Morgan fingerprint density at radius 3 is 2.05 bits per heavy atom. The van der Waals surface area contributed by atoms with Crippen molar-refractivity contribution in [3.05, 3.63) is 0 Å². The Bertz CT molecular complexity index is 358. The van der Waals surface area contributed by atoms with Crippen LogP contribution in [-0.2, 0) is 14.4 Å². The van der Waals surface area contributed by atoms with Gasteiger partial charge in [-0.2, -0.15) is 13.2 Å². The van der Waals surface area contributed by atoms with Crippen LogP contribution in [0.3, 0.4) is 0 Å². The largest absolute Gasteiger partial charge is 0.481 e. The van der Waals surface area contributed by atoms with Crippen LogP contribution in [0.25, 0.3) is 0 Å². The predicted molar refractivity (Wildman–Crippen MR) is 55.1 cm³/mol. The average Bonchev–Trinajstić information content (AvgIpc) is 2.21. The number of nitrogens with zero attached hydrogens (tertiary/aromatic N) is 1. The van der Waals surface area contributed by atoms with Crippen LogP contribution in [-0.4, -0.2) is 58.3 Å². The summed E-state index contributed by atoms with van der Waals surface area (Å²) in [6.07, 6.45) is -5.64. The molecule has 0 saturated heterocycles. The highest BCUT2D eigenvalue weighted by molar-refractivity contribution is 5.85. The van der Waals surface area contributed by atoms with E-state index in [1.54, 1.807) is 0 Å². The summed E-state index contributed by atoms with van der Waals surface area (Å²) in [5, 5.41) is 16.8. The van der Waals surface area contributed by atoms with Gasteiger partial charge in [-0.15, -0.1) is 0 Å². The number of carboxylic acid groups (broad SMARTS) is 2. The lowest BCUT2D eigenvalue weighted by atomic mass is 10.1. The van der Waals surface area contributed by atoms with Gasteiger partial charge >= 0.3 is 18.1 Å². The molecule has 0 spiro atoms. The Morgan fingerprint density at radius 1 is 1.16 bits per heavy atom. The van der Waals surface area contributed by atoms with Crippen LogP contribution in [0.1, 0.15) is 12.8 Å². The number of carbonyl (C=O) groups is 3. The molecule has 1 amide bonds. The molecule has 19 heavy (non-hydrogen) atoms. The predicted octanol–water partition coefficient (Wildman–Crippen LogP) is -0.346. The number of amides is 1. The maximum absolute atomic E-state index is 12.2. The number of aliphatic carboxylic acids is 2. The second-order valence-electron chi connectivity index (χ2n) is 3.74. The normalized spacial score (nSPS) is 12.8. The number of rotatable bonds is 7. The third-order valence-electron chi connectivity index (χ3n) is 1.99. The Morgan fingerprint density at radius 2 is 1.68 bits per heavy atom. The quantitative estimate of drug-likeness (QED) is 0.588. The minimum absolute atomic E-state index is 0.0366. The van der Waals surface area contributed by atoms with Crippen LogP contribution in [0.2, 0.25) is 0 Å². The molecule has 0 saturated carbocycles. The molecule has 1 atom stereocenters. The highest BCUT2D eigenvalue weighted by Crippen LogP contribution is 2.17. The SMILES string of the molecule is NC(CCC(=O)O)C(=O)N(CC(=O)O)CC(F)(F)F. The van der Waals surface area contributed by atoms with Crippen molar-refractivity contribution in [3.63, 3.8) is 0 Å². The molecular formula is C9H13F3N2O5. The van der Waals surface area contributed by atoms with E-state index in [2.05, 4.69) is 0 Å². The van der Waals surface area contributed by atoms with Gasteiger partial charge in [0.15, 0.2) is 0 Å². The molecule has 10 heteroatoms. The van der Waals surface area contributed by atoms with Gasteiger partial charge < -0.3 is 20.8 Å². The summed E-state index contributed by atoms with van der Waals surface area (Å²) in [4.78, 5) is 32.2. The summed E-state index contributed by atoms with van der Waals surface area (Å²) in [5.74, 6) is -4.13. The molecule has 0 aliphatic carbocycles. The molecule has 0 rings (SSSR count). The van der Waals surface area contributed by atoms with E-state index in [9.17, 15) is 27.6 Å². The highest BCUT2D eigenvalue weighted by atomic mass is 19.4. The van der Waals surface area contributed by atoms with Crippen molar-refractivity contribution in [2.75, 3.05) is 13.1 Å². The van der Waals surface area contributed by atoms with Crippen molar-refractivity contribution in [2.45, 2.75) is 25.1 Å². The van der Waals surface area contributed by atoms with Crippen LogP contribution in [0.5, 0.6) is 0 Å². The smallest absolute Gasteiger partial charge is 0.406 e. The first-order valence-electron chi connectivity index (χ1n) is 5.07. The maximum atomic E-state index is 12.2. The number of nitrogens with two attached hydrogens (primary N) is 1. The summed E-state index contributed by atoms with van der Waals surface area (Å²) in [5.41, 5.74) is 5.25. The zero-order chi connectivity index (χ0) is 15.2. The fraction of sp³-hybridized carbons (Fsp3) is 0.667. The zero-order valence-electron chi connectivity index (χ0n) is 9.68. The van der Waals surface area contributed by atoms with Gasteiger partial charge in [0.05, 0.1) is 6.04 Å². The summed E-state index contributed by atoms with van der Waals surface area (Å²) < 4.78 is 36.5. The van der Waals surface area contributed by atoms with E-state index >= 15 is 0 Å². The summed E-state index contributed by atoms with van der Waals surface area (Å²) in [6.45, 7) is -2.90. The minimum Gasteiger partial charge on any atom is -0.481 e. The van der Waals surface area contributed by atoms with Crippen molar-refractivity contribution in [3.8, 4) is 0 Å². The number of alkyl halides is 3. The molecule has 0 aliphatic rings. The van der Waals surface area contributed by atoms with Crippen molar-refractivity contribution in [1.82, 2.24) is 4.90 Å². The van der Waals surface area contributed by atoms with Crippen LogP contribution in [0.4, 0.5) is 13.2 Å². The lowest BCUT2D eigenvalue weighted by molar-refractivity contribution is -0.166. The second-order valence-corrected chi connectivity index (χ2v) is 3.74. The molecule has 0 aromatic heterocycles. The van der Waals surface area contributed by atoms with Gasteiger partial charge in [0, 0.05) is 6.42 Å². The first-order chi connectivity index (χ1) is 8.53.